The van der Waals surface area contributed by atoms with Crippen LogP contribution in [0.2, 0.25) is 5.02 Å². The van der Waals surface area contributed by atoms with E-state index in [1.54, 1.807) is 12.5 Å². The first-order valence-corrected chi connectivity index (χ1v) is 8.64. The van der Waals surface area contributed by atoms with Crippen molar-refractivity contribution >= 4 is 17.3 Å². The van der Waals surface area contributed by atoms with E-state index >= 15 is 0 Å². The van der Waals surface area contributed by atoms with Gasteiger partial charge in [-0.15, -0.1) is 0 Å². The van der Waals surface area contributed by atoms with Crippen molar-refractivity contribution in [1.82, 2.24) is 24.3 Å². The maximum Gasteiger partial charge on any atom is 0.417 e. The van der Waals surface area contributed by atoms with E-state index < -0.39 is 17.3 Å². The van der Waals surface area contributed by atoms with Crippen LogP contribution in [0.5, 0.6) is 0 Å². The van der Waals surface area contributed by atoms with Gasteiger partial charge < -0.3 is 9.88 Å². The number of halogens is 4. The third-order valence-corrected chi connectivity index (χ3v) is 4.30. The fraction of sp³-hybridized carbons (Fsp3) is 0.294. The van der Waals surface area contributed by atoms with Crippen LogP contribution < -0.4 is 10.9 Å². The molecule has 0 saturated heterocycles. The van der Waals surface area contributed by atoms with E-state index in [1.807, 2.05) is 17.7 Å². The van der Waals surface area contributed by atoms with Gasteiger partial charge in [0.15, 0.2) is 5.82 Å². The van der Waals surface area contributed by atoms with Crippen molar-refractivity contribution in [1.29, 1.82) is 0 Å². The number of anilines is 1. The Morgan fingerprint density at radius 1 is 1.29 bits per heavy atom. The van der Waals surface area contributed by atoms with Crippen molar-refractivity contribution in [3.8, 4) is 5.82 Å². The second-order valence-electron chi connectivity index (χ2n) is 6.24. The topological polar surface area (TPSA) is 77.6 Å². The monoisotopic (exact) mass is 412 g/mol. The molecule has 3 rings (SSSR count). The zero-order valence-electron chi connectivity index (χ0n) is 14.7. The first-order chi connectivity index (χ1) is 13.3. The van der Waals surface area contributed by atoms with Gasteiger partial charge in [-0.05, 0) is 18.1 Å². The smallest absolute Gasteiger partial charge is 0.382 e. The summed E-state index contributed by atoms with van der Waals surface area (Å²) < 4.78 is 40.7. The number of pyridine rings is 1. The van der Waals surface area contributed by atoms with Crippen LogP contribution in [0.1, 0.15) is 12.5 Å². The summed E-state index contributed by atoms with van der Waals surface area (Å²) in [7, 11) is 0. The predicted molar refractivity (Wildman–Crippen MR) is 97.5 cm³/mol. The number of hydrogen-bond acceptors (Lipinski definition) is 5. The van der Waals surface area contributed by atoms with Crippen LogP contribution >= 0.6 is 11.6 Å². The number of aromatic nitrogens is 5. The van der Waals surface area contributed by atoms with Gasteiger partial charge in [-0.25, -0.2) is 9.97 Å². The molecule has 1 N–H and O–H groups in total. The fourth-order valence-electron chi connectivity index (χ4n) is 2.50. The van der Waals surface area contributed by atoms with Crippen LogP contribution in [0.3, 0.4) is 0 Å². The Morgan fingerprint density at radius 2 is 2.07 bits per heavy atom. The van der Waals surface area contributed by atoms with Crippen molar-refractivity contribution < 1.29 is 13.2 Å². The Hall–Kier alpha value is -2.88. The fourth-order valence-corrected chi connectivity index (χ4v) is 2.70. The minimum Gasteiger partial charge on any atom is -0.382 e. The van der Waals surface area contributed by atoms with Gasteiger partial charge in [0.2, 0.25) is 0 Å². The molecule has 0 bridgehead atoms. The van der Waals surface area contributed by atoms with Gasteiger partial charge in [-0.2, -0.15) is 23.0 Å². The number of rotatable bonds is 6. The van der Waals surface area contributed by atoms with Crippen molar-refractivity contribution in [2.75, 3.05) is 11.9 Å². The second-order valence-corrected chi connectivity index (χ2v) is 6.62. The summed E-state index contributed by atoms with van der Waals surface area (Å²) in [5, 5.41) is 6.90. The van der Waals surface area contributed by atoms with Crippen LogP contribution in [-0.2, 0) is 12.7 Å². The second kappa shape index (κ2) is 8.01. The number of nitrogens with one attached hydrogen (secondary N) is 1. The van der Waals surface area contributed by atoms with E-state index in [9.17, 15) is 18.0 Å². The van der Waals surface area contributed by atoms with E-state index in [-0.39, 0.29) is 16.8 Å². The number of hydrogen-bond donors (Lipinski definition) is 1. The third-order valence-electron chi connectivity index (χ3n) is 3.93. The lowest BCUT2D eigenvalue weighted by molar-refractivity contribution is -0.137. The largest absolute Gasteiger partial charge is 0.417 e. The highest BCUT2D eigenvalue weighted by molar-refractivity contribution is 6.32. The van der Waals surface area contributed by atoms with Gasteiger partial charge >= 0.3 is 6.18 Å². The highest BCUT2D eigenvalue weighted by Gasteiger charge is 2.30. The molecule has 0 spiro atoms. The van der Waals surface area contributed by atoms with Gasteiger partial charge in [0.25, 0.3) is 5.56 Å². The van der Waals surface area contributed by atoms with Crippen molar-refractivity contribution in [2.45, 2.75) is 19.6 Å². The Bertz CT molecular complexity index is 986. The van der Waals surface area contributed by atoms with E-state index in [0.717, 1.165) is 23.4 Å². The third kappa shape index (κ3) is 4.50. The van der Waals surface area contributed by atoms with Crippen LogP contribution in [0, 0.1) is 5.92 Å². The van der Waals surface area contributed by atoms with Gasteiger partial charge in [0.1, 0.15) is 5.02 Å². The van der Waals surface area contributed by atoms with Crippen LogP contribution in [-0.4, -0.2) is 30.9 Å². The molecule has 7 nitrogen and oxygen atoms in total. The van der Waals surface area contributed by atoms with E-state index in [2.05, 4.69) is 20.4 Å². The first kappa shape index (κ1) is 19.9. The van der Waals surface area contributed by atoms with Crippen LogP contribution in [0.25, 0.3) is 5.82 Å². The zero-order valence-corrected chi connectivity index (χ0v) is 15.4. The quantitative estimate of drug-likeness (QED) is 0.672. The molecule has 3 aromatic heterocycles. The molecule has 0 fully saturated rings. The lowest BCUT2D eigenvalue weighted by Crippen LogP contribution is -2.25. The molecule has 0 amide bonds. The summed E-state index contributed by atoms with van der Waals surface area (Å²) in [4.78, 5) is 20.1. The summed E-state index contributed by atoms with van der Waals surface area (Å²) in [6.45, 7) is 3.27. The average molecular weight is 413 g/mol. The molecule has 1 atom stereocenters. The highest BCUT2D eigenvalue weighted by Crippen LogP contribution is 2.28. The molecule has 0 aromatic carbocycles. The summed E-state index contributed by atoms with van der Waals surface area (Å²) >= 11 is 6.12. The van der Waals surface area contributed by atoms with Crippen molar-refractivity contribution in [2.24, 2.45) is 5.92 Å². The Morgan fingerprint density at radius 3 is 2.68 bits per heavy atom. The summed E-state index contributed by atoms with van der Waals surface area (Å²) in [5.74, 6) is 0.157. The number of nitrogens with zero attached hydrogens (tertiary/aromatic N) is 5. The Labute approximate surface area is 162 Å². The molecule has 28 heavy (non-hydrogen) atoms. The first-order valence-electron chi connectivity index (χ1n) is 8.27. The molecule has 0 saturated carbocycles. The molecule has 0 aliphatic rings. The van der Waals surface area contributed by atoms with Gasteiger partial charge in [0, 0.05) is 31.7 Å². The van der Waals surface area contributed by atoms with Crippen LogP contribution in [0.15, 0.2) is 48.0 Å². The summed E-state index contributed by atoms with van der Waals surface area (Å²) in [5.41, 5.74) is -1.26. The minimum atomic E-state index is -4.51. The van der Waals surface area contributed by atoms with Gasteiger partial charge in [-0.3, -0.25) is 4.79 Å². The van der Waals surface area contributed by atoms with E-state index in [0.29, 0.717) is 18.4 Å². The molecular weight excluding hydrogens is 397 g/mol. The van der Waals surface area contributed by atoms with E-state index in [4.69, 9.17) is 11.6 Å². The lowest BCUT2D eigenvalue weighted by Gasteiger charge is -2.15. The standard InChI is InChI=1S/C17H16ClF3N6O/c1-11(9-26-5-4-22-10-26)6-23-13-8-25-27(16(28)15(13)18)14-3-2-12(7-24-14)17(19,20)21/h2-5,7-8,10-11,23H,6,9H2,1H3/t11-/m1/s1. The minimum absolute atomic E-state index is 0.0556. The molecule has 0 aliphatic heterocycles. The molecule has 148 valence electrons. The number of alkyl halides is 3. The molecule has 11 heteroatoms. The maximum atomic E-state index is 12.6. The lowest BCUT2D eigenvalue weighted by atomic mass is 10.2. The molecule has 0 aliphatic carbocycles. The molecular formula is C17H16ClF3N6O. The number of imidazole rings is 1. The van der Waals surface area contributed by atoms with Gasteiger partial charge in [0.05, 0.1) is 23.8 Å². The normalized spacial score (nSPS) is 12.8. The predicted octanol–water partition coefficient (Wildman–Crippen LogP) is 3.24. The molecule has 3 heterocycles. The zero-order chi connectivity index (χ0) is 20.3. The highest BCUT2D eigenvalue weighted by atomic mass is 35.5. The van der Waals surface area contributed by atoms with Crippen molar-refractivity contribution in [3.05, 3.63) is 64.2 Å². The molecule has 0 radical (unpaired) electrons. The Kier molecular flexibility index (Phi) is 5.68. The van der Waals surface area contributed by atoms with Gasteiger partial charge in [-0.1, -0.05) is 18.5 Å². The van der Waals surface area contributed by atoms with Crippen molar-refractivity contribution in [3.63, 3.8) is 0 Å². The average Bonchev–Trinajstić information content (AvgIpc) is 3.15. The summed E-state index contributed by atoms with van der Waals surface area (Å²) in [6, 6.07) is 1.89. The SMILES string of the molecule is C[C@H](CNc1cnn(-c2ccc(C(F)(F)F)cn2)c(=O)c1Cl)Cn1ccnc1. The molecule has 0 unspecified atom stereocenters. The van der Waals surface area contributed by atoms with E-state index in [1.165, 1.54) is 6.20 Å². The Balaban J connectivity index is 1.73. The summed E-state index contributed by atoms with van der Waals surface area (Å²) in [6.07, 6.45) is 2.72. The van der Waals surface area contributed by atoms with Crippen LogP contribution in [0.4, 0.5) is 18.9 Å². The maximum absolute atomic E-state index is 12.6. The molecule has 3 aromatic rings.